The molecule has 0 fully saturated rings. The Morgan fingerprint density at radius 2 is 1.60 bits per heavy atom. The van der Waals surface area contributed by atoms with E-state index in [4.69, 9.17) is 4.74 Å². The van der Waals surface area contributed by atoms with Gasteiger partial charge in [0.2, 0.25) is 0 Å². The van der Waals surface area contributed by atoms with Crippen LogP contribution in [0.2, 0.25) is 0 Å². The van der Waals surface area contributed by atoms with Crippen molar-refractivity contribution in [3.05, 3.63) is 64.7 Å². The van der Waals surface area contributed by atoms with Crippen LogP contribution in [0.1, 0.15) is 56.2 Å². The first-order valence-electron chi connectivity index (χ1n) is 8.87. The van der Waals surface area contributed by atoms with Crippen LogP contribution in [-0.2, 0) is 6.42 Å². The standard InChI is InChI=1S/C22H24F2O/c1-3-5-6-16-25-20-14-9-17(10-15-20)8-11-19-13-12-18(7-4-2)21(23)22(19)24/h9-10,12-15H,3-7,16H2,1-2H3. The lowest BCUT2D eigenvalue weighted by Gasteiger charge is -2.05. The van der Waals surface area contributed by atoms with Crippen molar-refractivity contribution in [1.29, 1.82) is 0 Å². The van der Waals surface area contributed by atoms with Crippen LogP contribution in [0, 0.1) is 23.5 Å². The summed E-state index contributed by atoms with van der Waals surface area (Å²) >= 11 is 0. The van der Waals surface area contributed by atoms with Gasteiger partial charge in [-0.15, -0.1) is 0 Å². The van der Waals surface area contributed by atoms with E-state index in [1.807, 2.05) is 31.2 Å². The van der Waals surface area contributed by atoms with Crippen LogP contribution in [0.5, 0.6) is 5.75 Å². The van der Waals surface area contributed by atoms with Crippen LogP contribution < -0.4 is 4.74 Å². The summed E-state index contributed by atoms with van der Waals surface area (Å²) in [6.07, 6.45) is 4.65. The zero-order valence-corrected chi connectivity index (χ0v) is 14.9. The van der Waals surface area contributed by atoms with Crippen molar-refractivity contribution < 1.29 is 13.5 Å². The van der Waals surface area contributed by atoms with Crippen LogP contribution in [0.25, 0.3) is 0 Å². The minimum absolute atomic E-state index is 0.0808. The average molecular weight is 342 g/mol. The van der Waals surface area contributed by atoms with Crippen LogP contribution in [-0.4, -0.2) is 6.61 Å². The summed E-state index contributed by atoms with van der Waals surface area (Å²) in [5.41, 5.74) is 1.21. The molecule has 0 unspecified atom stereocenters. The SMILES string of the molecule is CCCCCOc1ccc(C#Cc2ccc(CCC)c(F)c2F)cc1. The summed E-state index contributed by atoms with van der Waals surface area (Å²) < 4.78 is 33.6. The second-order valence-corrected chi connectivity index (χ2v) is 5.98. The molecule has 3 heteroatoms. The minimum Gasteiger partial charge on any atom is -0.494 e. The fourth-order valence-electron chi connectivity index (χ4n) is 2.46. The molecule has 132 valence electrons. The number of benzene rings is 2. The van der Waals surface area contributed by atoms with E-state index in [9.17, 15) is 8.78 Å². The molecule has 1 nitrogen and oxygen atoms in total. The van der Waals surface area contributed by atoms with Crippen LogP contribution in [0.3, 0.4) is 0 Å². The van der Waals surface area contributed by atoms with Crippen LogP contribution in [0.15, 0.2) is 36.4 Å². The molecule has 0 aliphatic carbocycles. The van der Waals surface area contributed by atoms with Gasteiger partial charge in [0, 0.05) is 5.56 Å². The lowest BCUT2D eigenvalue weighted by atomic mass is 10.1. The number of unbranched alkanes of at least 4 members (excludes halogenated alkanes) is 2. The lowest BCUT2D eigenvalue weighted by molar-refractivity contribution is 0.306. The number of ether oxygens (including phenoxy) is 1. The fraction of sp³-hybridized carbons (Fsp3) is 0.364. The third-order valence-electron chi connectivity index (χ3n) is 3.89. The van der Waals surface area contributed by atoms with Gasteiger partial charge in [-0.05, 0) is 48.7 Å². The van der Waals surface area contributed by atoms with Crippen molar-refractivity contribution in [2.75, 3.05) is 6.61 Å². The molecule has 0 N–H and O–H groups in total. The monoisotopic (exact) mass is 342 g/mol. The molecule has 0 aliphatic rings. The lowest BCUT2D eigenvalue weighted by Crippen LogP contribution is -1.97. The second kappa shape index (κ2) is 9.84. The van der Waals surface area contributed by atoms with E-state index >= 15 is 0 Å². The normalized spacial score (nSPS) is 10.2. The molecule has 2 aromatic rings. The van der Waals surface area contributed by atoms with Gasteiger partial charge in [0.25, 0.3) is 0 Å². The van der Waals surface area contributed by atoms with Gasteiger partial charge < -0.3 is 4.74 Å². The van der Waals surface area contributed by atoms with Gasteiger partial charge in [0.1, 0.15) is 5.75 Å². The van der Waals surface area contributed by atoms with Gasteiger partial charge in [-0.25, -0.2) is 8.78 Å². The summed E-state index contributed by atoms with van der Waals surface area (Å²) in [7, 11) is 0. The Bertz CT molecular complexity index is 739. The summed E-state index contributed by atoms with van der Waals surface area (Å²) in [6.45, 7) is 4.79. The highest BCUT2D eigenvalue weighted by Gasteiger charge is 2.11. The van der Waals surface area contributed by atoms with Gasteiger partial charge in [0.05, 0.1) is 12.2 Å². The molecule has 25 heavy (non-hydrogen) atoms. The molecule has 0 spiro atoms. The Balaban J connectivity index is 2.04. The fourth-order valence-corrected chi connectivity index (χ4v) is 2.46. The van der Waals surface area contributed by atoms with Crippen molar-refractivity contribution in [2.24, 2.45) is 0 Å². The van der Waals surface area contributed by atoms with E-state index in [-0.39, 0.29) is 5.56 Å². The molecule has 0 heterocycles. The number of hydrogen-bond donors (Lipinski definition) is 0. The molecule has 2 aromatic carbocycles. The zero-order chi connectivity index (χ0) is 18.1. The predicted octanol–water partition coefficient (Wildman–Crippen LogP) is 5.89. The summed E-state index contributed by atoms with van der Waals surface area (Å²) in [6, 6.07) is 10.5. The highest BCUT2D eigenvalue weighted by molar-refractivity contribution is 5.45. The Morgan fingerprint density at radius 3 is 2.28 bits per heavy atom. The van der Waals surface area contributed by atoms with Crippen LogP contribution >= 0.6 is 0 Å². The van der Waals surface area contributed by atoms with Crippen LogP contribution in [0.4, 0.5) is 8.78 Å². The van der Waals surface area contributed by atoms with Crippen molar-refractivity contribution in [1.82, 2.24) is 0 Å². The van der Waals surface area contributed by atoms with E-state index in [1.165, 1.54) is 0 Å². The number of rotatable bonds is 7. The largest absolute Gasteiger partial charge is 0.494 e. The Kier molecular flexibility index (Phi) is 7.47. The minimum atomic E-state index is -0.866. The van der Waals surface area contributed by atoms with Gasteiger partial charge in [0.15, 0.2) is 11.6 Å². The molecule has 0 bridgehead atoms. The molecule has 0 saturated carbocycles. The van der Waals surface area contributed by atoms with E-state index in [2.05, 4.69) is 18.8 Å². The summed E-state index contributed by atoms with van der Waals surface area (Å²) in [5.74, 6) is 4.73. The highest BCUT2D eigenvalue weighted by Crippen LogP contribution is 2.17. The van der Waals surface area contributed by atoms with E-state index in [1.54, 1.807) is 12.1 Å². The van der Waals surface area contributed by atoms with E-state index in [0.717, 1.165) is 37.0 Å². The smallest absolute Gasteiger partial charge is 0.174 e. The topological polar surface area (TPSA) is 9.23 Å². The first-order valence-corrected chi connectivity index (χ1v) is 8.87. The van der Waals surface area contributed by atoms with Gasteiger partial charge in [-0.3, -0.25) is 0 Å². The Hall–Kier alpha value is -2.34. The molecule has 2 rings (SSSR count). The number of halogens is 2. The van der Waals surface area contributed by atoms with Gasteiger partial charge >= 0.3 is 0 Å². The molecule has 0 aromatic heterocycles. The number of aryl methyl sites for hydroxylation is 1. The van der Waals surface area contributed by atoms with Gasteiger partial charge in [-0.2, -0.15) is 0 Å². The van der Waals surface area contributed by atoms with E-state index < -0.39 is 11.6 Å². The third-order valence-corrected chi connectivity index (χ3v) is 3.89. The quantitative estimate of drug-likeness (QED) is 0.450. The Morgan fingerprint density at radius 1 is 0.840 bits per heavy atom. The second-order valence-electron chi connectivity index (χ2n) is 5.98. The summed E-state index contributed by atoms with van der Waals surface area (Å²) in [5, 5.41) is 0. The molecular formula is C22H24F2O. The van der Waals surface area contributed by atoms with Crippen molar-refractivity contribution in [3.63, 3.8) is 0 Å². The molecular weight excluding hydrogens is 318 g/mol. The predicted molar refractivity (Wildman–Crippen MR) is 97.8 cm³/mol. The molecule has 0 saturated heterocycles. The first-order chi connectivity index (χ1) is 12.2. The zero-order valence-electron chi connectivity index (χ0n) is 14.9. The Labute approximate surface area is 149 Å². The third kappa shape index (κ3) is 5.60. The molecule has 0 radical (unpaired) electrons. The highest BCUT2D eigenvalue weighted by atomic mass is 19.2. The maximum Gasteiger partial charge on any atom is 0.174 e. The maximum atomic E-state index is 14.1. The molecule has 0 aliphatic heterocycles. The van der Waals surface area contributed by atoms with Crippen molar-refractivity contribution >= 4 is 0 Å². The van der Waals surface area contributed by atoms with E-state index in [0.29, 0.717) is 18.6 Å². The summed E-state index contributed by atoms with van der Waals surface area (Å²) in [4.78, 5) is 0. The molecule has 0 atom stereocenters. The average Bonchev–Trinajstić information content (AvgIpc) is 2.63. The molecule has 0 amide bonds. The maximum absolute atomic E-state index is 14.1. The van der Waals surface area contributed by atoms with Gasteiger partial charge in [-0.1, -0.05) is 51.0 Å². The van der Waals surface area contributed by atoms with Crippen molar-refractivity contribution in [3.8, 4) is 17.6 Å². The first kappa shape index (κ1) is 19.0. The number of hydrogen-bond acceptors (Lipinski definition) is 1. The van der Waals surface area contributed by atoms with Crippen molar-refractivity contribution in [2.45, 2.75) is 46.0 Å².